The lowest BCUT2D eigenvalue weighted by Crippen LogP contribution is -2.53. The van der Waals surface area contributed by atoms with Crippen LogP contribution in [0.15, 0.2) is 42.5 Å². The van der Waals surface area contributed by atoms with Gasteiger partial charge in [-0.2, -0.15) is 8.78 Å². The van der Waals surface area contributed by atoms with Crippen LogP contribution in [-0.4, -0.2) is 63.1 Å². The standard InChI is InChI=1S/C26H28F2N4O4/c1-14(2)29-9-10-31-23(34)26(3)13-19-18-12-17(36-24(27)28)7-8-20(18)30-21(19)22(32(26)25(31)35)15-5-4-6-16(33)11-15/h4-8,11-12,14,22,24,29-30,33H,9-10,13H2,1-3H3/t22-,26+/m1/s1. The molecular weight excluding hydrogens is 470 g/mol. The van der Waals surface area contributed by atoms with Crippen LogP contribution in [0, 0.1) is 0 Å². The number of urea groups is 1. The van der Waals surface area contributed by atoms with Crippen LogP contribution in [-0.2, 0) is 11.2 Å². The zero-order valence-electron chi connectivity index (χ0n) is 20.2. The minimum atomic E-state index is -2.97. The van der Waals surface area contributed by atoms with E-state index >= 15 is 0 Å². The van der Waals surface area contributed by atoms with Crippen molar-refractivity contribution in [3.63, 3.8) is 0 Å². The quantitative estimate of drug-likeness (QED) is 0.426. The molecule has 1 saturated heterocycles. The molecule has 1 aromatic heterocycles. The van der Waals surface area contributed by atoms with Gasteiger partial charge in [-0.3, -0.25) is 14.6 Å². The first kappa shape index (κ1) is 24.1. The number of nitrogens with one attached hydrogen (secondary N) is 2. The van der Waals surface area contributed by atoms with Crippen molar-refractivity contribution in [3.05, 3.63) is 59.3 Å². The number of phenols is 1. The van der Waals surface area contributed by atoms with Crippen LogP contribution in [0.3, 0.4) is 0 Å². The maximum atomic E-state index is 13.7. The molecule has 36 heavy (non-hydrogen) atoms. The first-order valence-corrected chi connectivity index (χ1v) is 11.9. The molecule has 2 aliphatic rings. The van der Waals surface area contributed by atoms with Crippen molar-refractivity contribution in [2.75, 3.05) is 13.1 Å². The molecule has 2 aliphatic heterocycles. The minimum Gasteiger partial charge on any atom is -0.508 e. The number of imide groups is 1. The van der Waals surface area contributed by atoms with Crippen molar-refractivity contribution in [2.24, 2.45) is 0 Å². The van der Waals surface area contributed by atoms with E-state index in [1.807, 2.05) is 13.8 Å². The normalized spacial score (nSPS) is 21.6. The largest absolute Gasteiger partial charge is 0.508 e. The third-order valence-electron chi connectivity index (χ3n) is 6.94. The Balaban J connectivity index is 1.65. The lowest BCUT2D eigenvalue weighted by atomic mass is 9.81. The number of carbonyl (C=O) groups is 2. The van der Waals surface area contributed by atoms with Crippen LogP contribution in [0.2, 0.25) is 0 Å². The van der Waals surface area contributed by atoms with E-state index in [2.05, 4.69) is 15.0 Å². The number of amides is 3. The predicted molar refractivity (Wildman–Crippen MR) is 129 cm³/mol. The number of nitrogens with zero attached hydrogens (tertiary/aromatic N) is 2. The van der Waals surface area contributed by atoms with Crippen molar-refractivity contribution < 1.29 is 28.2 Å². The Labute approximate surface area is 206 Å². The fraction of sp³-hybridized carbons (Fsp3) is 0.385. The van der Waals surface area contributed by atoms with Gasteiger partial charge in [-0.25, -0.2) is 4.79 Å². The van der Waals surface area contributed by atoms with E-state index in [1.54, 1.807) is 36.1 Å². The fourth-order valence-electron chi connectivity index (χ4n) is 5.37. The van der Waals surface area contributed by atoms with Gasteiger partial charge in [0.2, 0.25) is 0 Å². The second-order valence-corrected chi connectivity index (χ2v) is 9.77. The highest BCUT2D eigenvalue weighted by Crippen LogP contribution is 2.49. The Morgan fingerprint density at radius 1 is 1.22 bits per heavy atom. The van der Waals surface area contributed by atoms with Crippen LogP contribution in [0.5, 0.6) is 11.5 Å². The highest BCUT2D eigenvalue weighted by molar-refractivity contribution is 6.08. The number of ether oxygens (including phenoxy) is 1. The van der Waals surface area contributed by atoms with Crippen molar-refractivity contribution in [1.29, 1.82) is 0 Å². The number of H-pyrrole nitrogens is 1. The van der Waals surface area contributed by atoms with E-state index in [1.165, 1.54) is 23.1 Å². The molecule has 2 atom stereocenters. The molecular formula is C26H28F2N4O4. The molecule has 1 fully saturated rings. The molecule has 3 heterocycles. The smallest absolute Gasteiger partial charge is 0.387 e. The molecule has 0 aliphatic carbocycles. The summed E-state index contributed by atoms with van der Waals surface area (Å²) in [6.45, 7) is 3.42. The Bertz CT molecular complexity index is 1340. The van der Waals surface area contributed by atoms with Crippen LogP contribution in [0.25, 0.3) is 10.9 Å². The third-order valence-corrected chi connectivity index (χ3v) is 6.94. The Kier molecular flexibility index (Phi) is 5.86. The zero-order chi connectivity index (χ0) is 25.8. The van der Waals surface area contributed by atoms with E-state index < -0.39 is 24.2 Å². The molecule has 0 radical (unpaired) electrons. The highest BCUT2D eigenvalue weighted by atomic mass is 19.3. The van der Waals surface area contributed by atoms with Gasteiger partial charge in [0.25, 0.3) is 5.91 Å². The first-order valence-electron chi connectivity index (χ1n) is 11.9. The number of hydrogen-bond donors (Lipinski definition) is 3. The van der Waals surface area contributed by atoms with Gasteiger partial charge >= 0.3 is 12.6 Å². The van der Waals surface area contributed by atoms with Gasteiger partial charge in [-0.1, -0.05) is 26.0 Å². The Morgan fingerprint density at radius 3 is 2.69 bits per heavy atom. The number of halogens is 2. The van der Waals surface area contributed by atoms with Crippen molar-refractivity contribution >= 4 is 22.8 Å². The lowest BCUT2D eigenvalue weighted by Gasteiger charge is -2.42. The summed E-state index contributed by atoms with van der Waals surface area (Å²) in [5.74, 6) is -0.278. The number of alkyl halides is 2. The minimum absolute atomic E-state index is 0.0102. The number of aromatic hydroxyl groups is 1. The summed E-state index contributed by atoms with van der Waals surface area (Å²) in [4.78, 5) is 33.6. The van der Waals surface area contributed by atoms with E-state index in [-0.39, 0.29) is 36.4 Å². The van der Waals surface area contributed by atoms with Gasteiger partial charge in [0.15, 0.2) is 0 Å². The average Bonchev–Trinajstić information content (AvgIpc) is 3.24. The van der Waals surface area contributed by atoms with Crippen LogP contribution >= 0.6 is 0 Å². The summed E-state index contributed by atoms with van der Waals surface area (Å²) in [7, 11) is 0. The predicted octanol–water partition coefficient (Wildman–Crippen LogP) is 4.14. The van der Waals surface area contributed by atoms with Crippen LogP contribution in [0.4, 0.5) is 13.6 Å². The number of phenolic OH excluding ortho intramolecular Hbond substituents is 1. The zero-order valence-corrected chi connectivity index (χ0v) is 20.2. The summed E-state index contributed by atoms with van der Waals surface area (Å²) in [6, 6.07) is 10.3. The molecule has 3 N–H and O–H groups in total. The van der Waals surface area contributed by atoms with Gasteiger partial charge in [0, 0.05) is 42.1 Å². The molecule has 190 valence electrons. The van der Waals surface area contributed by atoms with Crippen LogP contribution in [0.1, 0.15) is 43.6 Å². The molecule has 0 unspecified atom stereocenters. The summed E-state index contributed by atoms with van der Waals surface area (Å²) in [5.41, 5.74) is 1.52. The number of hydrogen-bond acceptors (Lipinski definition) is 5. The second kappa shape index (κ2) is 8.77. The molecule has 0 bridgehead atoms. The van der Waals surface area contributed by atoms with E-state index in [9.17, 15) is 23.5 Å². The second-order valence-electron chi connectivity index (χ2n) is 9.77. The first-order chi connectivity index (χ1) is 17.1. The summed E-state index contributed by atoms with van der Waals surface area (Å²) < 4.78 is 30.4. The number of aromatic amines is 1. The molecule has 3 aromatic rings. The molecule has 3 amide bonds. The Morgan fingerprint density at radius 2 is 2.00 bits per heavy atom. The number of aromatic nitrogens is 1. The van der Waals surface area contributed by atoms with Crippen molar-refractivity contribution in [1.82, 2.24) is 20.1 Å². The fourth-order valence-corrected chi connectivity index (χ4v) is 5.37. The SMILES string of the molecule is CC(C)NCCN1C(=O)N2[C@H](c3cccc(O)c3)c3[nH]c4ccc(OC(F)F)cc4c3C[C@@]2(C)C1=O. The van der Waals surface area contributed by atoms with Gasteiger partial charge < -0.3 is 20.1 Å². The number of rotatable bonds is 7. The molecule has 2 aromatic carbocycles. The average molecular weight is 499 g/mol. The molecule has 0 spiro atoms. The maximum absolute atomic E-state index is 13.7. The summed E-state index contributed by atoms with van der Waals surface area (Å²) in [6.07, 6.45) is 0.203. The number of carbonyl (C=O) groups excluding carboxylic acids is 2. The van der Waals surface area contributed by atoms with Gasteiger partial charge in [0.05, 0.1) is 0 Å². The van der Waals surface area contributed by atoms with E-state index in [4.69, 9.17) is 0 Å². The molecule has 0 saturated carbocycles. The summed E-state index contributed by atoms with van der Waals surface area (Å²) >= 11 is 0. The van der Waals surface area contributed by atoms with Crippen LogP contribution < -0.4 is 10.1 Å². The van der Waals surface area contributed by atoms with Gasteiger partial charge in [-0.15, -0.1) is 0 Å². The number of benzene rings is 2. The highest BCUT2D eigenvalue weighted by Gasteiger charge is 2.60. The third kappa shape index (κ3) is 3.85. The molecule has 5 rings (SSSR count). The van der Waals surface area contributed by atoms with E-state index in [0.717, 1.165) is 5.56 Å². The van der Waals surface area contributed by atoms with Crippen molar-refractivity contribution in [2.45, 2.75) is 51.4 Å². The lowest BCUT2D eigenvalue weighted by molar-refractivity contribution is -0.133. The maximum Gasteiger partial charge on any atom is 0.387 e. The van der Waals surface area contributed by atoms with Gasteiger partial charge in [-0.05, 0) is 48.4 Å². The molecule has 8 nitrogen and oxygen atoms in total. The number of fused-ring (bicyclic) bond motifs is 4. The summed E-state index contributed by atoms with van der Waals surface area (Å²) in [5, 5.41) is 14.1. The monoisotopic (exact) mass is 498 g/mol. The topological polar surface area (TPSA) is 97.9 Å². The van der Waals surface area contributed by atoms with Gasteiger partial charge in [0.1, 0.15) is 23.1 Å². The Hall–Kier alpha value is -3.66. The van der Waals surface area contributed by atoms with Crippen molar-refractivity contribution in [3.8, 4) is 11.5 Å². The van der Waals surface area contributed by atoms with E-state index in [0.29, 0.717) is 28.7 Å². The molecule has 10 heteroatoms.